The van der Waals surface area contributed by atoms with Crippen LogP contribution in [0.5, 0.6) is 5.75 Å². The van der Waals surface area contributed by atoms with Gasteiger partial charge in [-0.3, -0.25) is 14.5 Å². The Bertz CT molecular complexity index is 1070. The number of rotatable bonds is 10. The van der Waals surface area contributed by atoms with Crippen LogP contribution >= 0.6 is 26.6 Å². The fourth-order valence-corrected chi connectivity index (χ4v) is 5.12. The molecule has 2 aromatic rings. The highest BCUT2D eigenvalue weighted by Gasteiger charge is 2.60. The van der Waals surface area contributed by atoms with Crippen molar-refractivity contribution in [3.8, 4) is 5.75 Å². The zero-order chi connectivity index (χ0) is 24.8. The van der Waals surface area contributed by atoms with Gasteiger partial charge in [-0.2, -0.15) is 0 Å². The monoisotopic (exact) mass is 568 g/mol. The molecule has 180 valence electrons. The zero-order valence-corrected chi connectivity index (χ0v) is 21.3. The predicted octanol–water partition coefficient (Wildman–Crippen LogP) is 3.07. The van der Waals surface area contributed by atoms with Crippen molar-refractivity contribution in [2.24, 2.45) is 0 Å². The van der Waals surface area contributed by atoms with E-state index in [4.69, 9.17) is 20.2 Å². The van der Waals surface area contributed by atoms with Crippen molar-refractivity contribution in [1.82, 2.24) is 10.2 Å². The smallest absolute Gasteiger partial charge is 0.333 e. The first-order valence-corrected chi connectivity index (χ1v) is 12.9. The largest absolute Gasteiger partial charge is 0.597 e. The number of likely N-dealkylation sites (tertiary alicyclic amines) is 1. The maximum absolute atomic E-state index is 12.9. The van der Waals surface area contributed by atoms with E-state index in [1.807, 2.05) is 6.07 Å². The molecule has 34 heavy (non-hydrogen) atoms. The molecule has 4 atom stereocenters. The van der Waals surface area contributed by atoms with E-state index in [1.54, 1.807) is 55.5 Å². The molecule has 0 aromatic heterocycles. The fraction of sp³-hybridized carbons (Fsp3) is 0.261. The first-order valence-electron chi connectivity index (χ1n) is 10.1. The van der Waals surface area contributed by atoms with E-state index in [2.05, 4.69) is 27.8 Å². The molecule has 1 fully saturated rings. The van der Waals surface area contributed by atoms with E-state index >= 15 is 0 Å². The Labute approximate surface area is 213 Å². The summed E-state index contributed by atoms with van der Waals surface area (Å²) in [5, 5.41) is 1.33. The molecule has 0 bridgehead atoms. The molecular weight excluding hydrogens is 548 g/mol. The van der Waals surface area contributed by atoms with Gasteiger partial charge in [-0.1, -0.05) is 58.9 Å². The second kappa shape index (κ2) is 11.7. The van der Waals surface area contributed by atoms with Gasteiger partial charge in [0.25, 0.3) is 11.8 Å². The number of nitrogens with zero attached hydrogens (tertiary/aromatic N) is 1. The van der Waals surface area contributed by atoms with Crippen LogP contribution in [0.1, 0.15) is 12.5 Å². The molecule has 2 aromatic carbocycles. The Morgan fingerprint density at radius 1 is 1.26 bits per heavy atom. The lowest BCUT2D eigenvalue weighted by molar-refractivity contribution is -0.164. The molecular formula is C23H22BrClN2O6S. The summed E-state index contributed by atoms with van der Waals surface area (Å²) in [7, 11) is 3.75. The number of nitrogens with one attached hydrogen (secondary N) is 1. The van der Waals surface area contributed by atoms with Crippen LogP contribution in [0.4, 0.5) is 0 Å². The lowest BCUT2D eigenvalue weighted by Crippen LogP contribution is -2.75. The summed E-state index contributed by atoms with van der Waals surface area (Å²) in [6, 6.07) is 13.5. The van der Waals surface area contributed by atoms with Crippen molar-refractivity contribution >= 4 is 54.8 Å². The first-order chi connectivity index (χ1) is 16.2. The van der Waals surface area contributed by atoms with Crippen molar-refractivity contribution in [2.75, 3.05) is 6.61 Å². The number of amides is 2. The summed E-state index contributed by atoms with van der Waals surface area (Å²) < 4.78 is 23.8. The number of hydrogen-bond acceptors (Lipinski definition) is 6. The maximum Gasteiger partial charge on any atom is 0.333 e. The van der Waals surface area contributed by atoms with Crippen molar-refractivity contribution in [3.63, 3.8) is 0 Å². The van der Waals surface area contributed by atoms with Crippen LogP contribution in [0.25, 0.3) is 0 Å². The fourth-order valence-electron chi connectivity index (χ4n) is 3.37. The molecule has 1 N–H and O–H groups in total. The third-order valence-corrected chi connectivity index (χ3v) is 6.86. The SMILES string of the molecule is C=C(C)C(C(=O)OCc1ccccc1)N1C(=O)C(NC(=O)COc2cccc(Br)c2)C1[S+]([O-])Cl. The number of esters is 1. The van der Waals surface area contributed by atoms with Gasteiger partial charge < -0.3 is 19.3 Å². The van der Waals surface area contributed by atoms with E-state index < -0.39 is 45.6 Å². The van der Waals surface area contributed by atoms with Crippen LogP contribution in [0, 0.1) is 0 Å². The Morgan fingerprint density at radius 2 is 1.97 bits per heavy atom. The van der Waals surface area contributed by atoms with Crippen molar-refractivity contribution in [1.29, 1.82) is 0 Å². The second-order valence-electron chi connectivity index (χ2n) is 7.52. The van der Waals surface area contributed by atoms with Gasteiger partial charge in [-0.25, -0.2) is 4.79 Å². The molecule has 0 aliphatic carbocycles. The highest BCUT2D eigenvalue weighted by molar-refractivity contribution is 9.10. The summed E-state index contributed by atoms with van der Waals surface area (Å²) in [4.78, 5) is 39.1. The van der Waals surface area contributed by atoms with Gasteiger partial charge >= 0.3 is 5.97 Å². The van der Waals surface area contributed by atoms with Crippen LogP contribution in [-0.2, 0) is 36.1 Å². The molecule has 1 heterocycles. The average molecular weight is 570 g/mol. The number of benzene rings is 2. The Balaban J connectivity index is 1.64. The molecule has 4 unspecified atom stereocenters. The Hall–Kier alpha value is -2.53. The van der Waals surface area contributed by atoms with E-state index in [0.29, 0.717) is 11.3 Å². The topological polar surface area (TPSA) is 108 Å². The number of ether oxygens (including phenoxy) is 2. The minimum absolute atomic E-state index is 0.00673. The van der Waals surface area contributed by atoms with Crippen molar-refractivity contribution in [2.45, 2.75) is 31.0 Å². The van der Waals surface area contributed by atoms with Gasteiger partial charge in [0.15, 0.2) is 29.4 Å². The number of hydrogen-bond donors (Lipinski definition) is 1. The lowest BCUT2D eigenvalue weighted by Gasteiger charge is -2.47. The van der Waals surface area contributed by atoms with E-state index in [1.165, 1.54) is 0 Å². The first kappa shape index (κ1) is 26.1. The van der Waals surface area contributed by atoms with Crippen molar-refractivity contribution in [3.05, 3.63) is 76.8 Å². The van der Waals surface area contributed by atoms with Gasteiger partial charge in [-0.05, 0) is 36.3 Å². The molecule has 1 saturated heterocycles. The van der Waals surface area contributed by atoms with Gasteiger partial charge in [0.1, 0.15) is 12.4 Å². The lowest BCUT2D eigenvalue weighted by atomic mass is 9.99. The predicted molar refractivity (Wildman–Crippen MR) is 131 cm³/mol. The number of halogens is 2. The van der Waals surface area contributed by atoms with Crippen LogP contribution in [0.2, 0.25) is 0 Å². The molecule has 0 radical (unpaired) electrons. The molecule has 0 spiro atoms. The maximum atomic E-state index is 12.9. The van der Waals surface area contributed by atoms with Gasteiger partial charge in [0, 0.05) is 4.47 Å². The molecule has 1 aliphatic heterocycles. The number of β-lactam (4-membered cyclic amide) rings is 1. The number of carbonyl (C=O) groups excluding carboxylic acids is 3. The van der Waals surface area contributed by atoms with E-state index in [0.717, 1.165) is 14.9 Å². The quantitative estimate of drug-likeness (QED) is 0.204. The normalized spacial score (nSPS) is 18.9. The minimum atomic E-state index is -2.09. The highest BCUT2D eigenvalue weighted by atomic mass is 79.9. The third-order valence-electron chi connectivity index (χ3n) is 4.94. The molecule has 0 saturated carbocycles. The minimum Gasteiger partial charge on any atom is -0.597 e. The van der Waals surface area contributed by atoms with E-state index in [9.17, 15) is 18.9 Å². The summed E-state index contributed by atoms with van der Waals surface area (Å²) in [5.41, 5.74) is 1.07. The van der Waals surface area contributed by atoms with Crippen molar-refractivity contribution < 1.29 is 28.4 Å². The summed E-state index contributed by atoms with van der Waals surface area (Å²) in [6.45, 7) is 4.94. The van der Waals surface area contributed by atoms with E-state index in [-0.39, 0.29) is 13.2 Å². The van der Waals surface area contributed by atoms with Gasteiger partial charge in [0.05, 0.1) is 10.4 Å². The summed E-state index contributed by atoms with van der Waals surface area (Å²) >= 11 is 3.31. The molecule has 8 nitrogen and oxygen atoms in total. The summed E-state index contributed by atoms with van der Waals surface area (Å²) in [5.74, 6) is -1.52. The Kier molecular flexibility index (Phi) is 9.01. The van der Waals surface area contributed by atoms with Crippen LogP contribution < -0.4 is 10.1 Å². The van der Waals surface area contributed by atoms with Crippen LogP contribution in [-0.4, -0.2) is 51.3 Å². The highest BCUT2D eigenvalue weighted by Crippen LogP contribution is 2.32. The Morgan fingerprint density at radius 3 is 2.59 bits per heavy atom. The van der Waals surface area contributed by atoms with Crippen LogP contribution in [0.15, 0.2) is 71.2 Å². The third kappa shape index (κ3) is 6.32. The zero-order valence-electron chi connectivity index (χ0n) is 18.1. The number of carbonyl (C=O) groups is 3. The summed E-state index contributed by atoms with van der Waals surface area (Å²) in [6.07, 6.45) is 0. The van der Waals surface area contributed by atoms with Gasteiger partial charge in [-0.15, -0.1) is 0 Å². The van der Waals surface area contributed by atoms with Gasteiger partial charge in [0.2, 0.25) is 5.37 Å². The molecule has 2 amide bonds. The van der Waals surface area contributed by atoms with Crippen LogP contribution in [0.3, 0.4) is 0 Å². The average Bonchev–Trinajstić information content (AvgIpc) is 2.80. The standard InChI is InChI=1S/C23H22BrClN2O6S/c1-14(2)20(23(30)33-12-15-7-4-3-5-8-15)27-21(29)19(22(27)34(25)31)26-18(28)13-32-17-10-6-9-16(24)11-17/h3-11,19-20,22H,1,12-13H2,2H3,(H,26,28). The molecule has 11 heteroatoms. The molecule has 3 rings (SSSR count). The second-order valence-corrected chi connectivity index (χ2v) is 10.3. The molecule has 1 aliphatic rings.